The van der Waals surface area contributed by atoms with Crippen LogP contribution in [0.4, 0.5) is 11.5 Å². The van der Waals surface area contributed by atoms with E-state index in [1.807, 2.05) is 54.6 Å². The molecule has 4 rings (SSSR count). The Balaban J connectivity index is 1.85. The van der Waals surface area contributed by atoms with Gasteiger partial charge in [-0.05, 0) is 54.6 Å². The number of nitrogens with zero attached hydrogens (tertiary/aromatic N) is 2. The van der Waals surface area contributed by atoms with E-state index in [0.29, 0.717) is 26.7 Å². The molecule has 26 heavy (non-hydrogen) atoms. The first-order valence-corrected chi connectivity index (χ1v) is 8.98. The van der Waals surface area contributed by atoms with Gasteiger partial charge in [-0.2, -0.15) is 0 Å². The van der Waals surface area contributed by atoms with Gasteiger partial charge in [0.1, 0.15) is 5.82 Å². The summed E-state index contributed by atoms with van der Waals surface area (Å²) in [6.07, 6.45) is 0. The van der Waals surface area contributed by atoms with Gasteiger partial charge in [0.25, 0.3) is 0 Å². The lowest BCUT2D eigenvalue weighted by Crippen LogP contribution is -1.99. The van der Waals surface area contributed by atoms with Gasteiger partial charge in [0, 0.05) is 21.7 Å². The highest BCUT2D eigenvalue weighted by molar-refractivity contribution is 6.42. The Morgan fingerprint density at radius 2 is 1.50 bits per heavy atom. The lowest BCUT2D eigenvalue weighted by atomic mass is 10.1. The maximum Gasteiger partial charge on any atom is 0.162 e. The third-order valence-electron chi connectivity index (χ3n) is 3.89. The van der Waals surface area contributed by atoms with Crippen molar-refractivity contribution < 1.29 is 0 Å². The van der Waals surface area contributed by atoms with E-state index in [0.717, 1.165) is 22.2 Å². The minimum Gasteiger partial charge on any atom is -0.340 e. The molecule has 1 heterocycles. The molecule has 3 nitrogen and oxygen atoms in total. The van der Waals surface area contributed by atoms with Crippen molar-refractivity contribution in [3.05, 3.63) is 81.8 Å². The summed E-state index contributed by atoms with van der Waals surface area (Å²) in [7, 11) is 0. The molecule has 3 aromatic carbocycles. The van der Waals surface area contributed by atoms with Crippen LogP contribution < -0.4 is 5.32 Å². The van der Waals surface area contributed by atoms with E-state index in [4.69, 9.17) is 39.8 Å². The Bertz CT molecular complexity index is 1100. The minimum atomic E-state index is 0.466. The normalized spacial score (nSPS) is 10.9. The molecule has 0 unspecified atom stereocenters. The molecular weight excluding hydrogens is 389 g/mol. The number of fused-ring (bicyclic) bond motifs is 1. The monoisotopic (exact) mass is 399 g/mol. The van der Waals surface area contributed by atoms with E-state index < -0.39 is 0 Å². The van der Waals surface area contributed by atoms with Gasteiger partial charge < -0.3 is 5.32 Å². The van der Waals surface area contributed by atoms with Gasteiger partial charge in [0.05, 0.1) is 15.6 Å². The molecule has 128 valence electrons. The molecule has 0 aliphatic rings. The Hall–Kier alpha value is -2.33. The van der Waals surface area contributed by atoms with E-state index in [1.54, 1.807) is 12.1 Å². The summed E-state index contributed by atoms with van der Waals surface area (Å²) in [5.41, 5.74) is 2.52. The molecule has 1 aromatic heterocycles. The zero-order valence-corrected chi connectivity index (χ0v) is 15.6. The number of benzene rings is 3. The number of nitrogens with one attached hydrogen (secondary N) is 1. The van der Waals surface area contributed by atoms with Crippen LogP contribution in [0.3, 0.4) is 0 Å². The molecule has 0 saturated heterocycles. The van der Waals surface area contributed by atoms with E-state index in [9.17, 15) is 0 Å². The predicted molar refractivity (Wildman–Crippen MR) is 110 cm³/mol. The highest BCUT2D eigenvalue weighted by Gasteiger charge is 2.11. The quantitative estimate of drug-likeness (QED) is 0.402. The van der Waals surface area contributed by atoms with Crippen LogP contribution in [0.2, 0.25) is 15.1 Å². The predicted octanol–water partition coefficient (Wildman–Crippen LogP) is 7.00. The van der Waals surface area contributed by atoms with Crippen molar-refractivity contribution in [1.82, 2.24) is 9.97 Å². The van der Waals surface area contributed by atoms with Crippen LogP contribution in [-0.2, 0) is 0 Å². The molecule has 6 heteroatoms. The number of hydrogen-bond acceptors (Lipinski definition) is 3. The fraction of sp³-hybridized carbons (Fsp3) is 0. The van der Waals surface area contributed by atoms with Gasteiger partial charge in [-0.1, -0.05) is 46.9 Å². The maximum atomic E-state index is 6.15. The van der Waals surface area contributed by atoms with E-state index in [-0.39, 0.29) is 0 Å². The Labute approximate surface area is 165 Å². The van der Waals surface area contributed by atoms with Crippen LogP contribution in [0.1, 0.15) is 0 Å². The zero-order chi connectivity index (χ0) is 18.1. The van der Waals surface area contributed by atoms with Crippen LogP contribution in [0.15, 0.2) is 66.7 Å². The van der Waals surface area contributed by atoms with Crippen LogP contribution in [-0.4, -0.2) is 9.97 Å². The summed E-state index contributed by atoms with van der Waals surface area (Å²) in [6, 6.07) is 20.6. The smallest absolute Gasteiger partial charge is 0.162 e. The highest BCUT2D eigenvalue weighted by atomic mass is 35.5. The second-order valence-corrected chi connectivity index (χ2v) is 6.92. The summed E-state index contributed by atoms with van der Waals surface area (Å²) in [6.45, 7) is 0. The van der Waals surface area contributed by atoms with E-state index >= 15 is 0 Å². The first-order valence-electron chi connectivity index (χ1n) is 7.85. The second-order valence-electron chi connectivity index (χ2n) is 5.67. The summed E-state index contributed by atoms with van der Waals surface area (Å²) in [4.78, 5) is 9.36. The third-order valence-corrected chi connectivity index (χ3v) is 4.88. The van der Waals surface area contributed by atoms with Crippen molar-refractivity contribution >= 4 is 57.2 Å². The van der Waals surface area contributed by atoms with Crippen LogP contribution in [0.5, 0.6) is 0 Å². The van der Waals surface area contributed by atoms with Crippen LogP contribution in [0.25, 0.3) is 22.3 Å². The van der Waals surface area contributed by atoms with E-state index in [2.05, 4.69) is 10.3 Å². The molecule has 1 N–H and O–H groups in total. The molecule has 4 aromatic rings. The van der Waals surface area contributed by atoms with Gasteiger partial charge in [0.2, 0.25) is 0 Å². The van der Waals surface area contributed by atoms with Crippen molar-refractivity contribution in [2.75, 3.05) is 5.32 Å². The number of hydrogen-bond donors (Lipinski definition) is 1. The fourth-order valence-corrected chi connectivity index (χ4v) is 3.03. The van der Waals surface area contributed by atoms with Gasteiger partial charge in [0.15, 0.2) is 5.82 Å². The molecule has 0 spiro atoms. The summed E-state index contributed by atoms with van der Waals surface area (Å²) in [5.74, 6) is 1.28. The molecule has 0 fully saturated rings. The van der Waals surface area contributed by atoms with Crippen molar-refractivity contribution in [2.45, 2.75) is 0 Å². The molecule has 0 aliphatic heterocycles. The average Bonchev–Trinajstić information content (AvgIpc) is 2.66. The van der Waals surface area contributed by atoms with Gasteiger partial charge in [-0.3, -0.25) is 0 Å². The lowest BCUT2D eigenvalue weighted by molar-refractivity contribution is 1.22. The molecule has 0 aliphatic carbocycles. The van der Waals surface area contributed by atoms with Gasteiger partial charge in [-0.15, -0.1) is 0 Å². The average molecular weight is 401 g/mol. The molecule has 0 amide bonds. The largest absolute Gasteiger partial charge is 0.340 e. The standard InChI is InChI=1S/C20H12Cl3N3/c21-13-6-8-14(9-7-13)24-20-15-3-1-2-4-18(15)25-19(26-20)12-5-10-16(22)17(23)11-12/h1-11H,(H,24,25,26). The molecule has 0 saturated carbocycles. The number of anilines is 2. The number of para-hydroxylation sites is 1. The van der Waals surface area contributed by atoms with E-state index in [1.165, 1.54) is 0 Å². The topological polar surface area (TPSA) is 37.8 Å². The number of aromatic nitrogens is 2. The number of rotatable bonds is 3. The first-order chi connectivity index (χ1) is 12.6. The SMILES string of the molecule is Clc1ccc(Nc2nc(-c3ccc(Cl)c(Cl)c3)nc3ccccc23)cc1. The van der Waals surface area contributed by atoms with Crippen LogP contribution >= 0.6 is 34.8 Å². The molecule has 0 bridgehead atoms. The second kappa shape index (κ2) is 7.12. The van der Waals surface area contributed by atoms with Gasteiger partial charge in [-0.25, -0.2) is 9.97 Å². The summed E-state index contributed by atoms with van der Waals surface area (Å²) >= 11 is 18.1. The first kappa shape index (κ1) is 17.1. The molecule has 0 atom stereocenters. The number of halogens is 3. The zero-order valence-electron chi connectivity index (χ0n) is 13.4. The summed E-state index contributed by atoms with van der Waals surface area (Å²) < 4.78 is 0. The van der Waals surface area contributed by atoms with Gasteiger partial charge >= 0.3 is 0 Å². The summed E-state index contributed by atoms with van der Waals surface area (Å²) in [5, 5.41) is 5.91. The Morgan fingerprint density at radius 1 is 0.731 bits per heavy atom. The van der Waals surface area contributed by atoms with Crippen molar-refractivity contribution in [3.8, 4) is 11.4 Å². The third kappa shape index (κ3) is 3.47. The van der Waals surface area contributed by atoms with Crippen molar-refractivity contribution in [3.63, 3.8) is 0 Å². The molecular formula is C20H12Cl3N3. The fourth-order valence-electron chi connectivity index (χ4n) is 2.61. The lowest BCUT2D eigenvalue weighted by Gasteiger charge is -2.11. The Kier molecular flexibility index (Phi) is 4.68. The maximum absolute atomic E-state index is 6.15. The Morgan fingerprint density at radius 3 is 2.27 bits per heavy atom. The van der Waals surface area contributed by atoms with Crippen LogP contribution in [0, 0.1) is 0 Å². The minimum absolute atomic E-state index is 0.466. The highest BCUT2D eigenvalue weighted by Crippen LogP contribution is 2.30. The van der Waals surface area contributed by atoms with Crippen molar-refractivity contribution in [2.24, 2.45) is 0 Å². The van der Waals surface area contributed by atoms with Crippen molar-refractivity contribution in [1.29, 1.82) is 0 Å². The molecule has 0 radical (unpaired) electrons.